The number of nitrogens with zero attached hydrogens (tertiary/aromatic N) is 4. The van der Waals surface area contributed by atoms with Gasteiger partial charge in [-0.15, -0.1) is 0 Å². The van der Waals surface area contributed by atoms with Gasteiger partial charge < -0.3 is 20.4 Å². The van der Waals surface area contributed by atoms with Gasteiger partial charge in [0.2, 0.25) is 5.91 Å². The van der Waals surface area contributed by atoms with Crippen LogP contribution in [0.1, 0.15) is 41.6 Å². The van der Waals surface area contributed by atoms with Gasteiger partial charge in [0.25, 0.3) is 5.91 Å². The fourth-order valence-corrected chi connectivity index (χ4v) is 6.92. The molecule has 4 aliphatic rings. The average molecular weight is 488 g/mol. The maximum absolute atomic E-state index is 13.3. The van der Waals surface area contributed by atoms with Gasteiger partial charge >= 0.3 is 0 Å². The van der Waals surface area contributed by atoms with Gasteiger partial charge in [-0.05, 0) is 54.9 Å². The van der Waals surface area contributed by atoms with Gasteiger partial charge in [0.05, 0.1) is 11.4 Å². The number of benzene rings is 2. The summed E-state index contributed by atoms with van der Waals surface area (Å²) >= 11 is 0. The van der Waals surface area contributed by atoms with Crippen LogP contribution in [0.5, 0.6) is 0 Å². The van der Waals surface area contributed by atoms with E-state index in [9.17, 15) is 9.59 Å². The highest BCUT2D eigenvalue weighted by Gasteiger charge is 2.44. The maximum Gasteiger partial charge on any atom is 0.254 e. The van der Waals surface area contributed by atoms with E-state index in [1.165, 1.54) is 12.0 Å². The monoisotopic (exact) mass is 487 g/mol. The summed E-state index contributed by atoms with van der Waals surface area (Å²) in [5, 5.41) is 0. The molecule has 0 saturated carbocycles. The first-order valence-corrected chi connectivity index (χ1v) is 13.5. The summed E-state index contributed by atoms with van der Waals surface area (Å²) in [7, 11) is 0. The van der Waals surface area contributed by atoms with E-state index in [1.54, 1.807) is 0 Å². The quantitative estimate of drug-likeness (QED) is 0.671. The number of carbonyl (C=O) groups excluding carboxylic acids is 2. The van der Waals surface area contributed by atoms with Gasteiger partial charge in [0, 0.05) is 70.4 Å². The first kappa shape index (κ1) is 23.3. The molecule has 4 aliphatic heterocycles. The van der Waals surface area contributed by atoms with Crippen molar-refractivity contribution in [2.45, 2.75) is 38.3 Å². The molecule has 3 atom stereocenters. The van der Waals surface area contributed by atoms with Gasteiger partial charge in [-0.1, -0.05) is 30.3 Å². The average Bonchev–Trinajstić information content (AvgIpc) is 2.90. The number of piperidine rings is 3. The molecule has 0 spiro atoms. The predicted octanol–water partition coefficient (Wildman–Crippen LogP) is 3.06. The highest BCUT2D eigenvalue weighted by atomic mass is 16.2. The van der Waals surface area contributed by atoms with E-state index >= 15 is 0 Å². The van der Waals surface area contributed by atoms with E-state index in [0.717, 1.165) is 70.9 Å². The zero-order chi connectivity index (χ0) is 24.6. The minimum absolute atomic E-state index is 0.0690. The second-order valence-electron chi connectivity index (χ2n) is 11.1. The Bertz CT molecular complexity index is 1110. The minimum atomic E-state index is 0.0690. The van der Waals surface area contributed by atoms with E-state index < -0.39 is 0 Å². The Morgan fingerprint density at radius 3 is 2.56 bits per heavy atom. The van der Waals surface area contributed by atoms with E-state index in [4.69, 9.17) is 5.73 Å². The molecule has 7 nitrogen and oxygen atoms in total. The Morgan fingerprint density at radius 2 is 1.78 bits per heavy atom. The third kappa shape index (κ3) is 4.57. The summed E-state index contributed by atoms with van der Waals surface area (Å²) in [5.74, 6) is 1.42. The summed E-state index contributed by atoms with van der Waals surface area (Å²) < 4.78 is 0. The van der Waals surface area contributed by atoms with Crippen molar-refractivity contribution in [1.82, 2.24) is 14.7 Å². The van der Waals surface area contributed by atoms with Crippen molar-refractivity contribution in [1.29, 1.82) is 0 Å². The summed E-state index contributed by atoms with van der Waals surface area (Å²) in [4.78, 5) is 34.6. The molecule has 4 saturated heterocycles. The van der Waals surface area contributed by atoms with Crippen molar-refractivity contribution in [2.24, 2.45) is 11.8 Å². The molecule has 2 aromatic rings. The third-order valence-electron chi connectivity index (χ3n) is 8.70. The van der Waals surface area contributed by atoms with Crippen LogP contribution in [0.15, 0.2) is 48.5 Å². The Kier molecular flexibility index (Phi) is 6.34. The molecule has 4 fully saturated rings. The standard InChI is InChI=1S/C29H37N5O2/c30-25-16-23(29(36)32-13-11-31(12-14-32)17-21-5-2-1-3-6-21)9-10-27(25)33-18-22-15-24(20-33)26-7-4-8-28(35)34(26)19-22/h1-3,5-6,9-10,16,22,24,26H,4,7-8,11-15,17-20,30H2. The number of hydrogen-bond donors (Lipinski definition) is 1. The predicted molar refractivity (Wildman–Crippen MR) is 142 cm³/mol. The van der Waals surface area contributed by atoms with Gasteiger partial charge in [-0.2, -0.15) is 0 Å². The fraction of sp³-hybridized carbons (Fsp3) is 0.517. The topological polar surface area (TPSA) is 73.1 Å². The van der Waals surface area contributed by atoms with Crippen LogP contribution in [-0.4, -0.2) is 78.4 Å². The summed E-state index contributed by atoms with van der Waals surface area (Å²) in [6.07, 6.45) is 4.06. The SMILES string of the molecule is Nc1cc(C(=O)N2CCN(Cc3ccccc3)CC2)ccc1N1CC2CC(C1)C1CCCC(=O)N1C2. The first-order chi connectivity index (χ1) is 17.5. The number of rotatable bonds is 4. The number of anilines is 2. The number of nitrogens with two attached hydrogens (primary N) is 1. The minimum Gasteiger partial charge on any atom is -0.397 e. The van der Waals surface area contributed by atoms with Crippen LogP contribution in [-0.2, 0) is 11.3 Å². The van der Waals surface area contributed by atoms with Crippen molar-refractivity contribution in [3.8, 4) is 0 Å². The van der Waals surface area contributed by atoms with Gasteiger partial charge in [0.15, 0.2) is 0 Å². The molecular weight excluding hydrogens is 450 g/mol. The lowest BCUT2D eigenvalue weighted by atomic mass is 9.76. The molecule has 2 N–H and O–H groups in total. The third-order valence-corrected chi connectivity index (χ3v) is 8.70. The molecule has 0 radical (unpaired) electrons. The van der Waals surface area contributed by atoms with Crippen LogP contribution in [0.2, 0.25) is 0 Å². The zero-order valence-electron chi connectivity index (χ0n) is 21.0. The van der Waals surface area contributed by atoms with Crippen LogP contribution in [0.25, 0.3) is 0 Å². The van der Waals surface area contributed by atoms with Gasteiger partial charge in [0.1, 0.15) is 0 Å². The smallest absolute Gasteiger partial charge is 0.254 e. The van der Waals surface area contributed by atoms with E-state index in [2.05, 4.69) is 39.0 Å². The molecule has 2 bridgehead atoms. The highest BCUT2D eigenvalue weighted by Crippen LogP contribution is 2.40. The normalized spacial score (nSPS) is 26.6. The molecule has 0 aromatic heterocycles. The largest absolute Gasteiger partial charge is 0.397 e. The fourth-order valence-electron chi connectivity index (χ4n) is 6.92. The van der Waals surface area contributed by atoms with Gasteiger partial charge in [-0.3, -0.25) is 14.5 Å². The summed E-state index contributed by atoms with van der Waals surface area (Å²) in [6.45, 7) is 6.90. The van der Waals surface area contributed by atoms with E-state index in [1.807, 2.05) is 29.2 Å². The van der Waals surface area contributed by atoms with Crippen LogP contribution in [0, 0.1) is 11.8 Å². The molecule has 36 heavy (non-hydrogen) atoms. The molecule has 3 unspecified atom stereocenters. The first-order valence-electron chi connectivity index (χ1n) is 13.5. The number of fused-ring (bicyclic) bond motifs is 4. The lowest BCUT2D eigenvalue weighted by Gasteiger charge is -2.53. The number of piperazine rings is 1. The molecule has 2 aromatic carbocycles. The van der Waals surface area contributed by atoms with Crippen molar-refractivity contribution >= 4 is 23.2 Å². The second kappa shape index (κ2) is 9.77. The van der Waals surface area contributed by atoms with E-state index in [0.29, 0.717) is 41.5 Å². The lowest BCUT2D eigenvalue weighted by molar-refractivity contribution is -0.142. The van der Waals surface area contributed by atoms with Crippen LogP contribution in [0.3, 0.4) is 0 Å². The highest BCUT2D eigenvalue weighted by molar-refractivity contribution is 5.96. The van der Waals surface area contributed by atoms with Crippen molar-refractivity contribution in [2.75, 3.05) is 56.4 Å². The molecule has 0 aliphatic carbocycles. The summed E-state index contributed by atoms with van der Waals surface area (Å²) in [6, 6.07) is 16.7. The number of amides is 2. The van der Waals surface area contributed by atoms with Crippen LogP contribution >= 0.6 is 0 Å². The Morgan fingerprint density at radius 1 is 0.972 bits per heavy atom. The van der Waals surface area contributed by atoms with E-state index in [-0.39, 0.29) is 5.91 Å². The van der Waals surface area contributed by atoms with Crippen molar-refractivity contribution in [3.05, 3.63) is 59.7 Å². The Hall–Kier alpha value is -3.06. The number of carbonyl (C=O) groups is 2. The molecule has 4 heterocycles. The molecular formula is C29H37N5O2. The van der Waals surface area contributed by atoms with Gasteiger partial charge in [-0.25, -0.2) is 0 Å². The van der Waals surface area contributed by atoms with Crippen molar-refractivity contribution in [3.63, 3.8) is 0 Å². The molecule has 6 rings (SSSR count). The van der Waals surface area contributed by atoms with Crippen molar-refractivity contribution < 1.29 is 9.59 Å². The Balaban J connectivity index is 1.09. The number of nitrogen functional groups attached to an aromatic ring is 1. The molecule has 2 amide bonds. The summed E-state index contributed by atoms with van der Waals surface area (Å²) in [5.41, 5.74) is 10.2. The molecule has 190 valence electrons. The van der Waals surface area contributed by atoms with Crippen LogP contribution < -0.4 is 10.6 Å². The lowest BCUT2D eigenvalue weighted by Crippen LogP contribution is -2.60. The number of hydrogen-bond acceptors (Lipinski definition) is 5. The zero-order valence-corrected chi connectivity index (χ0v) is 21.0. The maximum atomic E-state index is 13.3. The Labute approximate surface area is 213 Å². The molecule has 7 heteroatoms. The van der Waals surface area contributed by atoms with Crippen LogP contribution in [0.4, 0.5) is 11.4 Å². The second-order valence-corrected chi connectivity index (χ2v) is 11.1.